The monoisotopic (exact) mass is 362 g/mol. The van der Waals surface area contributed by atoms with Gasteiger partial charge in [-0.05, 0) is 31.7 Å². The summed E-state index contributed by atoms with van der Waals surface area (Å²) in [7, 11) is 0. The van der Waals surface area contributed by atoms with Crippen LogP contribution in [0.1, 0.15) is 13.8 Å². The van der Waals surface area contributed by atoms with Crippen molar-refractivity contribution in [1.82, 2.24) is 19.4 Å². The maximum Gasteiger partial charge on any atom is 0.235 e. The summed E-state index contributed by atoms with van der Waals surface area (Å²) >= 11 is 1.41. The van der Waals surface area contributed by atoms with Crippen molar-refractivity contribution in [1.29, 1.82) is 0 Å². The standard InChI is InChI=1S/C18H23FN4OS/c1-3-21-9-11-22(12-10-21)17(24)14(2)25-18-20-7-8-23(18)16-6-4-5-15(19)13-16/h4-8,13-14H,3,9-12H2,1-2H3. The molecular formula is C18H23FN4OS. The first-order valence-corrected chi connectivity index (χ1v) is 9.43. The summed E-state index contributed by atoms with van der Waals surface area (Å²) in [5.74, 6) is -0.158. The van der Waals surface area contributed by atoms with Crippen LogP contribution in [0.25, 0.3) is 5.69 Å². The Morgan fingerprint density at radius 1 is 1.32 bits per heavy atom. The number of likely N-dealkylation sites (N-methyl/N-ethyl adjacent to an activating group) is 1. The number of piperazine rings is 1. The summed E-state index contributed by atoms with van der Waals surface area (Å²) in [6.45, 7) is 8.48. The first-order valence-electron chi connectivity index (χ1n) is 8.55. The average Bonchev–Trinajstić information content (AvgIpc) is 3.09. The molecule has 134 valence electrons. The van der Waals surface area contributed by atoms with Gasteiger partial charge in [-0.3, -0.25) is 9.36 Å². The molecule has 1 aliphatic heterocycles. The van der Waals surface area contributed by atoms with E-state index in [1.54, 1.807) is 18.5 Å². The van der Waals surface area contributed by atoms with Crippen LogP contribution in [-0.2, 0) is 4.79 Å². The zero-order valence-corrected chi connectivity index (χ0v) is 15.4. The molecule has 3 rings (SSSR count). The Bertz CT molecular complexity index is 727. The molecule has 0 bridgehead atoms. The van der Waals surface area contributed by atoms with Gasteiger partial charge in [-0.2, -0.15) is 0 Å². The van der Waals surface area contributed by atoms with Crippen LogP contribution in [0.3, 0.4) is 0 Å². The van der Waals surface area contributed by atoms with Crippen molar-refractivity contribution in [2.75, 3.05) is 32.7 Å². The Morgan fingerprint density at radius 2 is 2.08 bits per heavy atom. The number of amides is 1. The van der Waals surface area contributed by atoms with Crippen molar-refractivity contribution >= 4 is 17.7 Å². The molecular weight excluding hydrogens is 339 g/mol. The summed E-state index contributed by atoms with van der Waals surface area (Å²) < 4.78 is 15.3. The number of halogens is 1. The second-order valence-electron chi connectivity index (χ2n) is 6.08. The van der Waals surface area contributed by atoms with Crippen LogP contribution in [-0.4, -0.2) is 63.2 Å². The highest BCUT2D eigenvalue weighted by Crippen LogP contribution is 2.26. The molecule has 5 nitrogen and oxygen atoms in total. The predicted octanol–water partition coefficient (Wildman–Crippen LogP) is 2.66. The summed E-state index contributed by atoms with van der Waals surface area (Å²) in [6, 6.07) is 6.36. The van der Waals surface area contributed by atoms with E-state index in [1.807, 2.05) is 22.5 Å². The Labute approximate surface area is 151 Å². The van der Waals surface area contributed by atoms with Crippen LogP contribution in [0.4, 0.5) is 4.39 Å². The van der Waals surface area contributed by atoms with Crippen molar-refractivity contribution in [3.63, 3.8) is 0 Å². The average molecular weight is 362 g/mol. The largest absolute Gasteiger partial charge is 0.339 e. The summed E-state index contributed by atoms with van der Waals surface area (Å²) in [5.41, 5.74) is 0.705. The first-order chi connectivity index (χ1) is 12.1. The number of thioether (sulfide) groups is 1. The zero-order valence-electron chi connectivity index (χ0n) is 14.6. The van der Waals surface area contributed by atoms with E-state index in [0.29, 0.717) is 10.8 Å². The van der Waals surface area contributed by atoms with Crippen LogP contribution in [0, 0.1) is 5.82 Å². The third-order valence-electron chi connectivity index (χ3n) is 4.45. The fourth-order valence-corrected chi connectivity index (χ4v) is 3.92. The molecule has 1 unspecified atom stereocenters. The van der Waals surface area contributed by atoms with Crippen molar-refractivity contribution in [2.24, 2.45) is 0 Å². The number of carbonyl (C=O) groups excluding carboxylic acids is 1. The van der Waals surface area contributed by atoms with Crippen LogP contribution in [0.5, 0.6) is 0 Å². The number of carbonyl (C=O) groups is 1. The number of benzene rings is 1. The van der Waals surface area contributed by atoms with Gasteiger partial charge in [0.2, 0.25) is 5.91 Å². The number of hydrogen-bond acceptors (Lipinski definition) is 4. The van der Waals surface area contributed by atoms with Gasteiger partial charge >= 0.3 is 0 Å². The summed E-state index contributed by atoms with van der Waals surface area (Å²) in [5, 5.41) is 0.460. The molecule has 25 heavy (non-hydrogen) atoms. The minimum Gasteiger partial charge on any atom is -0.339 e. The molecule has 2 heterocycles. The summed E-state index contributed by atoms with van der Waals surface area (Å²) in [6.07, 6.45) is 3.46. The van der Waals surface area contributed by atoms with E-state index in [9.17, 15) is 9.18 Å². The number of rotatable bonds is 5. The van der Waals surface area contributed by atoms with Crippen molar-refractivity contribution in [3.8, 4) is 5.69 Å². The number of hydrogen-bond donors (Lipinski definition) is 0. The van der Waals surface area contributed by atoms with E-state index in [0.717, 1.165) is 32.7 Å². The SMILES string of the molecule is CCN1CCN(C(=O)C(C)Sc2nccn2-c2cccc(F)c2)CC1. The van der Waals surface area contributed by atoms with E-state index < -0.39 is 0 Å². The molecule has 0 spiro atoms. The molecule has 1 amide bonds. The second-order valence-corrected chi connectivity index (χ2v) is 7.39. The first kappa shape index (κ1) is 17.9. The van der Waals surface area contributed by atoms with Crippen molar-refractivity contribution < 1.29 is 9.18 Å². The molecule has 0 aliphatic carbocycles. The Morgan fingerprint density at radius 3 is 2.76 bits per heavy atom. The fourth-order valence-electron chi connectivity index (χ4n) is 2.95. The van der Waals surface area contributed by atoms with Crippen LogP contribution >= 0.6 is 11.8 Å². The Balaban J connectivity index is 1.67. The minimum absolute atomic E-state index is 0.134. The van der Waals surface area contributed by atoms with Crippen molar-refractivity contribution in [2.45, 2.75) is 24.3 Å². The molecule has 0 saturated carbocycles. The molecule has 0 radical (unpaired) electrons. The smallest absolute Gasteiger partial charge is 0.235 e. The van der Waals surface area contributed by atoms with Gasteiger partial charge < -0.3 is 9.80 Å². The van der Waals surface area contributed by atoms with Crippen LogP contribution in [0.15, 0.2) is 41.8 Å². The highest BCUT2D eigenvalue weighted by molar-refractivity contribution is 8.00. The van der Waals surface area contributed by atoms with E-state index >= 15 is 0 Å². The van der Waals surface area contributed by atoms with Gasteiger partial charge in [0.1, 0.15) is 5.82 Å². The fraction of sp³-hybridized carbons (Fsp3) is 0.444. The molecule has 7 heteroatoms. The number of aromatic nitrogens is 2. The van der Waals surface area contributed by atoms with Gasteiger partial charge in [-0.15, -0.1) is 0 Å². The maximum atomic E-state index is 13.5. The third kappa shape index (κ3) is 4.22. The lowest BCUT2D eigenvalue weighted by Crippen LogP contribution is -2.50. The molecule has 1 aromatic carbocycles. The number of imidazole rings is 1. The topological polar surface area (TPSA) is 41.4 Å². The lowest BCUT2D eigenvalue weighted by molar-refractivity contribution is -0.132. The molecule has 1 aromatic heterocycles. The lowest BCUT2D eigenvalue weighted by atomic mass is 10.3. The molecule has 1 atom stereocenters. The molecule has 0 N–H and O–H groups in total. The van der Waals surface area contributed by atoms with Gasteiger partial charge in [0.15, 0.2) is 5.16 Å². The zero-order chi connectivity index (χ0) is 17.8. The van der Waals surface area contributed by atoms with Gasteiger partial charge in [0.25, 0.3) is 0 Å². The quantitative estimate of drug-likeness (QED) is 0.767. The molecule has 1 fully saturated rings. The van der Waals surface area contributed by atoms with Gasteiger partial charge in [-0.1, -0.05) is 24.8 Å². The minimum atomic E-state index is -0.292. The number of nitrogens with zero attached hydrogens (tertiary/aromatic N) is 4. The van der Waals surface area contributed by atoms with Gasteiger partial charge in [-0.25, -0.2) is 9.37 Å². The van der Waals surface area contributed by atoms with Crippen molar-refractivity contribution in [3.05, 3.63) is 42.5 Å². The van der Waals surface area contributed by atoms with Gasteiger partial charge in [0, 0.05) is 38.6 Å². The van der Waals surface area contributed by atoms with Crippen LogP contribution < -0.4 is 0 Å². The Hall–Kier alpha value is -1.86. The highest BCUT2D eigenvalue weighted by atomic mass is 32.2. The molecule has 1 saturated heterocycles. The van der Waals surface area contributed by atoms with Crippen LogP contribution in [0.2, 0.25) is 0 Å². The lowest BCUT2D eigenvalue weighted by Gasteiger charge is -2.35. The second kappa shape index (κ2) is 8.01. The molecule has 1 aliphatic rings. The van der Waals surface area contributed by atoms with E-state index in [-0.39, 0.29) is 17.0 Å². The third-order valence-corrected chi connectivity index (χ3v) is 5.52. The normalized spacial score (nSPS) is 16.8. The maximum absolute atomic E-state index is 13.5. The predicted molar refractivity (Wildman–Crippen MR) is 97.5 cm³/mol. The van der Waals surface area contributed by atoms with E-state index in [1.165, 1.54) is 23.9 Å². The summed E-state index contributed by atoms with van der Waals surface area (Å²) in [4.78, 5) is 21.3. The molecule has 2 aromatic rings. The van der Waals surface area contributed by atoms with E-state index in [4.69, 9.17) is 0 Å². The Kier molecular flexibility index (Phi) is 5.75. The highest BCUT2D eigenvalue weighted by Gasteiger charge is 2.26. The van der Waals surface area contributed by atoms with E-state index in [2.05, 4.69) is 16.8 Å². The van der Waals surface area contributed by atoms with Gasteiger partial charge in [0.05, 0.1) is 10.9 Å².